The lowest BCUT2D eigenvalue weighted by atomic mass is 10.00. The molecule has 1 aromatic carbocycles. The highest BCUT2D eigenvalue weighted by Crippen LogP contribution is 2.50. The summed E-state index contributed by atoms with van der Waals surface area (Å²) in [5.41, 5.74) is 2.05. The molecule has 1 saturated carbocycles. The van der Waals surface area contributed by atoms with Crippen LogP contribution in [-0.2, 0) is 9.59 Å². The molecule has 0 radical (unpaired) electrons. The van der Waals surface area contributed by atoms with Gasteiger partial charge < -0.3 is 20.7 Å². The van der Waals surface area contributed by atoms with Gasteiger partial charge in [0.1, 0.15) is 16.0 Å². The van der Waals surface area contributed by atoms with Gasteiger partial charge >= 0.3 is 6.03 Å². The quantitative estimate of drug-likeness (QED) is 0.386. The zero-order valence-corrected chi connectivity index (χ0v) is 21.7. The van der Waals surface area contributed by atoms with Crippen molar-refractivity contribution in [3.8, 4) is 11.6 Å². The standard InChI is InChI=1S/C28H26N6O4S/c1-2-21(35)31-16-8-9-17(14-16)32-26(36)25-24-23-20(12-13-29-27(23)39-25)34(28(37)33-24)18-10-11-22(30-15-18)38-19-6-4-3-5-7-19/h2-7,10-13,15-17,24-25H,1,8-9,14H2,(H,31,35)(H,32,36)(H,33,37). The number of rotatable bonds is 7. The highest BCUT2D eigenvalue weighted by atomic mass is 32.2. The van der Waals surface area contributed by atoms with Crippen LogP contribution in [0, 0.1) is 0 Å². The number of ether oxygens (including phenoxy) is 1. The summed E-state index contributed by atoms with van der Waals surface area (Å²) >= 11 is 1.35. The molecule has 1 aliphatic carbocycles. The van der Waals surface area contributed by atoms with Gasteiger partial charge in [0, 0.05) is 29.9 Å². The molecule has 6 rings (SSSR count). The Morgan fingerprint density at radius 3 is 2.62 bits per heavy atom. The van der Waals surface area contributed by atoms with Crippen LogP contribution in [0.15, 0.2) is 78.6 Å². The summed E-state index contributed by atoms with van der Waals surface area (Å²) in [4.78, 5) is 48.8. The number of anilines is 2. The highest BCUT2D eigenvalue weighted by Gasteiger charge is 2.47. The molecule has 0 saturated heterocycles. The van der Waals surface area contributed by atoms with Gasteiger partial charge in [-0.15, -0.1) is 0 Å². The Morgan fingerprint density at radius 1 is 1.08 bits per heavy atom. The van der Waals surface area contributed by atoms with Crippen molar-refractivity contribution in [1.82, 2.24) is 25.9 Å². The van der Waals surface area contributed by atoms with Gasteiger partial charge in [-0.2, -0.15) is 0 Å². The summed E-state index contributed by atoms with van der Waals surface area (Å²) in [5.74, 6) is 0.702. The maximum Gasteiger partial charge on any atom is 0.327 e. The van der Waals surface area contributed by atoms with Crippen molar-refractivity contribution in [1.29, 1.82) is 0 Å². The van der Waals surface area contributed by atoms with Crippen molar-refractivity contribution in [2.45, 2.75) is 47.7 Å². The van der Waals surface area contributed by atoms with E-state index in [-0.39, 0.29) is 29.9 Å². The van der Waals surface area contributed by atoms with E-state index < -0.39 is 11.3 Å². The van der Waals surface area contributed by atoms with Crippen LogP contribution in [0.4, 0.5) is 16.2 Å². The van der Waals surface area contributed by atoms with Crippen LogP contribution in [0.2, 0.25) is 0 Å². The average molecular weight is 543 g/mol. The van der Waals surface area contributed by atoms with E-state index in [9.17, 15) is 14.4 Å². The summed E-state index contributed by atoms with van der Waals surface area (Å²) in [6, 6.07) is 13.7. The van der Waals surface area contributed by atoms with Crippen LogP contribution in [0.3, 0.4) is 0 Å². The Balaban J connectivity index is 1.18. The Bertz CT molecular complexity index is 1430. The maximum atomic E-state index is 13.4. The number of para-hydroxylation sites is 1. The number of urea groups is 1. The number of aromatic nitrogens is 2. The van der Waals surface area contributed by atoms with Crippen molar-refractivity contribution < 1.29 is 19.1 Å². The van der Waals surface area contributed by atoms with Crippen LogP contribution < -0.4 is 25.6 Å². The molecule has 4 amide bonds. The summed E-state index contributed by atoms with van der Waals surface area (Å²) in [5, 5.41) is 9.18. The minimum Gasteiger partial charge on any atom is -0.439 e. The first-order valence-electron chi connectivity index (χ1n) is 12.7. The molecule has 2 aromatic heterocycles. The fourth-order valence-electron chi connectivity index (χ4n) is 5.24. The molecule has 3 N–H and O–H groups in total. The number of benzene rings is 1. The van der Waals surface area contributed by atoms with Gasteiger partial charge in [0.05, 0.1) is 23.6 Å². The van der Waals surface area contributed by atoms with E-state index in [1.165, 1.54) is 17.8 Å². The lowest BCUT2D eigenvalue weighted by molar-refractivity contribution is -0.121. The first-order chi connectivity index (χ1) is 19.0. The van der Waals surface area contributed by atoms with E-state index in [1.807, 2.05) is 30.3 Å². The maximum absolute atomic E-state index is 13.4. The number of amides is 4. The first kappa shape index (κ1) is 24.9. The smallest absolute Gasteiger partial charge is 0.327 e. The lowest BCUT2D eigenvalue weighted by Crippen LogP contribution is -2.50. The van der Waals surface area contributed by atoms with E-state index in [1.54, 1.807) is 35.5 Å². The third-order valence-corrected chi connectivity index (χ3v) is 8.31. The Hall–Kier alpha value is -4.38. The van der Waals surface area contributed by atoms with Gasteiger partial charge in [0.15, 0.2) is 0 Å². The topological polar surface area (TPSA) is 126 Å². The molecule has 0 spiro atoms. The van der Waals surface area contributed by atoms with Gasteiger partial charge in [0.25, 0.3) is 0 Å². The predicted molar refractivity (Wildman–Crippen MR) is 146 cm³/mol. The fourth-order valence-corrected chi connectivity index (χ4v) is 6.48. The van der Waals surface area contributed by atoms with E-state index in [2.05, 4.69) is 32.5 Å². The number of nitrogens with zero attached hydrogens (tertiary/aromatic N) is 3. The molecule has 198 valence electrons. The monoisotopic (exact) mass is 542 g/mol. The minimum atomic E-state index is -0.554. The Morgan fingerprint density at radius 2 is 1.87 bits per heavy atom. The largest absolute Gasteiger partial charge is 0.439 e. The summed E-state index contributed by atoms with van der Waals surface area (Å²) in [6.07, 6.45) is 6.69. The second kappa shape index (κ2) is 10.4. The fraction of sp³-hybridized carbons (Fsp3) is 0.250. The van der Waals surface area contributed by atoms with E-state index in [4.69, 9.17) is 4.74 Å². The van der Waals surface area contributed by atoms with E-state index in [0.717, 1.165) is 18.4 Å². The second-order valence-electron chi connectivity index (χ2n) is 9.55. The predicted octanol–water partition coefficient (Wildman–Crippen LogP) is 3.99. The molecular formula is C28H26N6O4S. The third kappa shape index (κ3) is 4.92. The highest BCUT2D eigenvalue weighted by molar-refractivity contribution is 8.01. The van der Waals surface area contributed by atoms with Gasteiger partial charge in [-0.3, -0.25) is 14.5 Å². The molecule has 4 atom stereocenters. The van der Waals surface area contributed by atoms with Gasteiger partial charge in [-0.05, 0) is 49.6 Å². The minimum absolute atomic E-state index is 0.00327. The summed E-state index contributed by atoms with van der Waals surface area (Å²) in [6.45, 7) is 3.48. The van der Waals surface area contributed by atoms with Crippen molar-refractivity contribution in [3.63, 3.8) is 0 Å². The molecule has 4 heterocycles. The molecule has 4 unspecified atom stereocenters. The number of carbonyl (C=O) groups is 3. The van der Waals surface area contributed by atoms with Crippen LogP contribution >= 0.6 is 11.8 Å². The third-order valence-electron chi connectivity index (χ3n) is 7.02. The van der Waals surface area contributed by atoms with Gasteiger partial charge in [-0.1, -0.05) is 36.5 Å². The Labute approximate surface area is 229 Å². The molecular weight excluding hydrogens is 516 g/mol. The Kier molecular flexibility index (Phi) is 6.65. The molecule has 11 heteroatoms. The first-order valence-corrected chi connectivity index (χ1v) is 13.6. The number of nitrogens with one attached hydrogen (secondary N) is 3. The zero-order valence-electron chi connectivity index (χ0n) is 20.9. The lowest BCUT2D eigenvalue weighted by Gasteiger charge is -2.34. The molecule has 0 bridgehead atoms. The molecule has 10 nitrogen and oxygen atoms in total. The number of hydrogen-bond acceptors (Lipinski definition) is 7. The van der Waals surface area contributed by atoms with Crippen molar-refractivity contribution in [2.75, 3.05) is 4.90 Å². The number of carbonyl (C=O) groups excluding carboxylic acids is 3. The van der Waals surface area contributed by atoms with Crippen molar-refractivity contribution in [3.05, 3.63) is 79.1 Å². The number of thioether (sulfide) groups is 1. The van der Waals surface area contributed by atoms with Gasteiger partial charge in [-0.25, -0.2) is 14.8 Å². The van der Waals surface area contributed by atoms with Crippen molar-refractivity contribution in [2.24, 2.45) is 0 Å². The summed E-state index contributed by atoms with van der Waals surface area (Å²) < 4.78 is 5.78. The van der Waals surface area contributed by atoms with Crippen LogP contribution in [0.5, 0.6) is 11.6 Å². The molecule has 1 fully saturated rings. The van der Waals surface area contributed by atoms with E-state index in [0.29, 0.717) is 34.5 Å². The summed E-state index contributed by atoms with van der Waals surface area (Å²) in [7, 11) is 0. The van der Waals surface area contributed by atoms with E-state index >= 15 is 0 Å². The molecule has 3 aliphatic rings. The van der Waals surface area contributed by atoms with Crippen molar-refractivity contribution >= 4 is 41.0 Å². The normalized spacial score (nSPS) is 23.0. The van der Waals surface area contributed by atoms with Crippen LogP contribution in [0.25, 0.3) is 0 Å². The van der Waals surface area contributed by atoms with Crippen LogP contribution in [0.1, 0.15) is 30.9 Å². The molecule has 39 heavy (non-hydrogen) atoms. The SMILES string of the molecule is C=CC(=O)NC1CCC(NC(=O)C2Sc3nccc4c3C2NC(=O)N4c2ccc(Oc3ccccc3)nc2)C1. The molecule has 2 aliphatic heterocycles. The average Bonchev–Trinajstić information content (AvgIpc) is 3.55. The number of pyridine rings is 2. The molecule has 3 aromatic rings. The second-order valence-corrected chi connectivity index (χ2v) is 10.7. The zero-order chi connectivity index (χ0) is 26.9. The number of hydrogen-bond donors (Lipinski definition) is 3. The van der Waals surface area contributed by atoms with Gasteiger partial charge in [0.2, 0.25) is 17.7 Å². The van der Waals surface area contributed by atoms with Crippen LogP contribution in [-0.4, -0.2) is 45.1 Å².